The second kappa shape index (κ2) is 4.88. The van der Waals surface area contributed by atoms with Gasteiger partial charge in [-0.2, -0.15) is 0 Å². The number of furan rings is 1. The van der Waals surface area contributed by atoms with Gasteiger partial charge in [-0.3, -0.25) is 0 Å². The Morgan fingerprint density at radius 3 is 3.00 bits per heavy atom. The van der Waals surface area contributed by atoms with E-state index in [1.807, 2.05) is 25.1 Å². The lowest BCUT2D eigenvalue weighted by Gasteiger charge is -2.22. The summed E-state index contributed by atoms with van der Waals surface area (Å²) in [7, 11) is 0. The maximum atomic E-state index is 5.57. The molecular weight excluding hydrogens is 230 g/mol. The van der Waals surface area contributed by atoms with Gasteiger partial charge < -0.3 is 14.5 Å². The molecule has 2 aromatic heterocycles. The van der Waals surface area contributed by atoms with Crippen LogP contribution in [0.3, 0.4) is 0 Å². The van der Waals surface area contributed by atoms with Crippen molar-refractivity contribution in [2.24, 2.45) is 0 Å². The lowest BCUT2D eigenvalue weighted by atomic mass is 10.2. The molecule has 0 spiro atoms. The second-order valence-electron chi connectivity index (χ2n) is 4.29. The Morgan fingerprint density at radius 1 is 1.33 bits per heavy atom. The molecule has 1 atom stereocenters. The molecule has 1 unspecified atom stereocenters. The van der Waals surface area contributed by atoms with Crippen LogP contribution in [0.4, 0.5) is 0 Å². The summed E-state index contributed by atoms with van der Waals surface area (Å²) in [4.78, 5) is 8.83. The molecule has 1 N–H and O–H groups in total. The van der Waals surface area contributed by atoms with Crippen LogP contribution in [0.5, 0.6) is 0 Å². The van der Waals surface area contributed by atoms with Gasteiger partial charge in [-0.25, -0.2) is 9.97 Å². The van der Waals surface area contributed by atoms with Crippen LogP contribution in [0.2, 0.25) is 0 Å². The Labute approximate surface area is 105 Å². The predicted octanol–water partition coefficient (Wildman–Crippen LogP) is 1.71. The average molecular weight is 245 g/mol. The number of hydrogen-bond acceptors (Lipinski definition) is 5. The highest BCUT2D eigenvalue weighted by atomic mass is 16.5. The van der Waals surface area contributed by atoms with Gasteiger partial charge in [0.1, 0.15) is 17.3 Å². The summed E-state index contributed by atoms with van der Waals surface area (Å²) < 4.78 is 11.0. The molecule has 0 bridgehead atoms. The number of rotatable bonds is 2. The van der Waals surface area contributed by atoms with Crippen LogP contribution in [0.25, 0.3) is 11.5 Å². The first-order chi connectivity index (χ1) is 8.83. The van der Waals surface area contributed by atoms with Crippen LogP contribution < -0.4 is 5.32 Å². The van der Waals surface area contributed by atoms with Crippen molar-refractivity contribution in [2.75, 3.05) is 19.8 Å². The van der Waals surface area contributed by atoms with Crippen molar-refractivity contribution in [3.05, 3.63) is 36.0 Å². The van der Waals surface area contributed by atoms with Crippen LogP contribution in [0, 0.1) is 6.92 Å². The third-order valence-corrected chi connectivity index (χ3v) is 2.90. The van der Waals surface area contributed by atoms with Gasteiger partial charge >= 0.3 is 0 Å². The van der Waals surface area contributed by atoms with E-state index in [1.54, 1.807) is 6.20 Å². The molecule has 1 fully saturated rings. The summed E-state index contributed by atoms with van der Waals surface area (Å²) in [5, 5.41) is 3.34. The number of morpholine rings is 1. The number of ether oxygens (including phenoxy) is 1. The minimum Gasteiger partial charge on any atom is -0.460 e. The molecule has 0 aliphatic carbocycles. The van der Waals surface area contributed by atoms with Gasteiger partial charge in [-0.15, -0.1) is 0 Å². The average Bonchev–Trinajstić information content (AvgIpc) is 2.87. The smallest absolute Gasteiger partial charge is 0.152 e. The van der Waals surface area contributed by atoms with E-state index in [0.717, 1.165) is 36.2 Å². The molecule has 94 valence electrons. The fourth-order valence-electron chi connectivity index (χ4n) is 1.98. The summed E-state index contributed by atoms with van der Waals surface area (Å²) in [6.45, 7) is 4.11. The quantitative estimate of drug-likeness (QED) is 0.872. The highest BCUT2D eigenvalue weighted by Gasteiger charge is 2.18. The molecule has 2 aromatic rings. The lowest BCUT2D eigenvalue weighted by molar-refractivity contribution is 0.0742. The summed E-state index contributed by atoms with van der Waals surface area (Å²) >= 11 is 0. The van der Waals surface area contributed by atoms with E-state index < -0.39 is 0 Å². The van der Waals surface area contributed by atoms with Crippen LogP contribution in [-0.2, 0) is 4.74 Å². The third-order valence-electron chi connectivity index (χ3n) is 2.90. The SMILES string of the molecule is Cc1ccc(-c2ccnc(C3COCCN3)n2)o1. The molecule has 3 rings (SSSR count). The van der Waals surface area contributed by atoms with Crippen molar-refractivity contribution in [3.8, 4) is 11.5 Å². The molecule has 0 saturated carbocycles. The predicted molar refractivity (Wildman–Crippen MR) is 66.0 cm³/mol. The van der Waals surface area contributed by atoms with Crippen molar-refractivity contribution in [1.29, 1.82) is 0 Å². The van der Waals surface area contributed by atoms with Gasteiger partial charge in [0.05, 0.1) is 19.3 Å². The Balaban J connectivity index is 1.88. The summed E-state index contributed by atoms with van der Waals surface area (Å²) in [6, 6.07) is 5.77. The molecule has 0 amide bonds. The molecule has 0 radical (unpaired) electrons. The minimum atomic E-state index is 0.0646. The van der Waals surface area contributed by atoms with Gasteiger partial charge in [0.25, 0.3) is 0 Å². The monoisotopic (exact) mass is 245 g/mol. The molecular formula is C13H15N3O2. The number of aryl methyl sites for hydroxylation is 1. The minimum absolute atomic E-state index is 0.0646. The largest absolute Gasteiger partial charge is 0.460 e. The van der Waals surface area contributed by atoms with Crippen LogP contribution in [-0.4, -0.2) is 29.7 Å². The molecule has 3 heterocycles. The lowest BCUT2D eigenvalue weighted by Crippen LogP contribution is -2.35. The zero-order valence-corrected chi connectivity index (χ0v) is 10.2. The van der Waals surface area contributed by atoms with Gasteiger partial charge in [0, 0.05) is 12.7 Å². The second-order valence-corrected chi connectivity index (χ2v) is 4.29. The highest BCUT2D eigenvalue weighted by molar-refractivity contribution is 5.51. The molecule has 0 aromatic carbocycles. The van der Waals surface area contributed by atoms with Gasteiger partial charge in [-0.1, -0.05) is 0 Å². The Morgan fingerprint density at radius 2 is 2.28 bits per heavy atom. The molecule has 1 aliphatic heterocycles. The summed E-state index contributed by atoms with van der Waals surface area (Å²) in [6.07, 6.45) is 1.76. The number of nitrogens with zero attached hydrogens (tertiary/aromatic N) is 2. The molecule has 1 aliphatic rings. The van der Waals surface area contributed by atoms with Crippen molar-refractivity contribution in [1.82, 2.24) is 15.3 Å². The van der Waals surface area contributed by atoms with Crippen LogP contribution in [0.1, 0.15) is 17.6 Å². The first-order valence-electron chi connectivity index (χ1n) is 6.04. The number of aromatic nitrogens is 2. The molecule has 1 saturated heterocycles. The summed E-state index contributed by atoms with van der Waals surface area (Å²) in [5.41, 5.74) is 0.806. The maximum absolute atomic E-state index is 5.57. The van der Waals surface area contributed by atoms with Crippen molar-refractivity contribution < 1.29 is 9.15 Å². The van der Waals surface area contributed by atoms with Gasteiger partial charge in [0.2, 0.25) is 0 Å². The van der Waals surface area contributed by atoms with E-state index in [9.17, 15) is 0 Å². The Kier molecular flexibility index (Phi) is 3.08. The van der Waals surface area contributed by atoms with E-state index in [1.165, 1.54) is 0 Å². The zero-order chi connectivity index (χ0) is 12.4. The van der Waals surface area contributed by atoms with Crippen LogP contribution in [0.15, 0.2) is 28.8 Å². The van der Waals surface area contributed by atoms with E-state index >= 15 is 0 Å². The topological polar surface area (TPSA) is 60.2 Å². The number of hydrogen-bond donors (Lipinski definition) is 1. The summed E-state index contributed by atoms with van der Waals surface area (Å²) in [5.74, 6) is 2.40. The van der Waals surface area contributed by atoms with Gasteiger partial charge in [0.15, 0.2) is 5.76 Å². The molecule has 5 heteroatoms. The van der Waals surface area contributed by atoms with E-state index in [4.69, 9.17) is 9.15 Å². The Hall–Kier alpha value is -1.72. The van der Waals surface area contributed by atoms with Crippen molar-refractivity contribution in [2.45, 2.75) is 13.0 Å². The Bertz CT molecular complexity index is 533. The van der Waals surface area contributed by atoms with E-state index in [-0.39, 0.29) is 6.04 Å². The van der Waals surface area contributed by atoms with Crippen LogP contribution >= 0.6 is 0 Å². The normalized spacial score (nSPS) is 19.9. The maximum Gasteiger partial charge on any atom is 0.152 e. The van der Waals surface area contributed by atoms with Crippen molar-refractivity contribution >= 4 is 0 Å². The van der Waals surface area contributed by atoms with Crippen molar-refractivity contribution in [3.63, 3.8) is 0 Å². The first-order valence-corrected chi connectivity index (χ1v) is 6.04. The zero-order valence-electron chi connectivity index (χ0n) is 10.2. The number of nitrogens with one attached hydrogen (secondary N) is 1. The highest BCUT2D eigenvalue weighted by Crippen LogP contribution is 2.21. The standard InChI is InChI=1S/C13H15N3O2/c1-9-2-3-12(18-9)10-4-5-15-13(16-10)11-8-17-7-6-14-11/h2-5,11,14H,6-8H2,1H3. The fraction of sp³-hybridized carbons (Fsp3) is 0.385. The molecule has 18 heavy (non-hydrogen) atoms. The fourth-order valence-corrected chi connectivity index (χ4v) is 1.98. The first kappa shape index (κ1) is 11.4. The van der Waals surface area contributed by atoms with E-state index in [2.05, 4.69) is 15.3 Å². The van der Waals surface area contributed by atoms with E-state index in [0.29, 0.717) is 6.61 Å². The molecule has 5 nitrogen and oxygen atoms in total. The van der Waals surface area contributed by atoms with Gasteiger partial charge in [-0.05, 0) is 25.1 Å². The third kappa shape index (κ3) is 2.27.